The standard InChI is InChI=1S/C15H29NO2/c1-4-13(3)16(5-2)12-15(14(17)18)10-8-6-7-9-11-15/h13H,4-12H2,1-3H3,(H,17,18). The summed E-state index contributed by atoms with van der Waals surface area (Å²) in [7, 11) is 0. The van der Waals surface area contributed by atoms with Crippen LogP contribution in [0.5, 0.6) is 0 Å². The van der Waals surface area contributed by atoms with Crippen LogP contribution in [0.25, 0.3) is 0 Å². The summed E-state index contributed by atoms with van der Waals surface area (Å²) in [6.07, 6.45) is 7.35. The number of carbonyl (C=O) groups is 1. The van der Waals surface area contributed by atoms with Gasteiger partial charge in [0.1, 0.15) is 0 Å². The van der Waals surface area contributed by atoms with Crippen molar-refractivity contribution in [3.8, 4) is 0 Å². The number of aliphatic carboxylic acids is 1. The van der Waals surface area contributed by atoms with E-state index < -0.39 is 11.4 Å². The quantitative estimate of drug-likeness (QED) is 0.738. The Kier molecular flexibility index (Phi) is 6.13. The average Bonchev–Trinajstić information content (AvgIpc) is 2.61. The Hall–Kier alpha value is -0.570. The summed E-state index contributed by atoms with van der Waals surface area (Å²) < 4.78 is 0. The zero-order valence-electron chi connectivity index (χ0n) is 12.2. The van der Waals surface area contributed by atoms with Crippen LogP contribution >= 0.6 is 0 Å². The average molecular weight is 255 g/mol. The van der Waals surface area contributed by atoms with E-state index in [2.05, 4.69) is 25.7 Å². The Balaban J connectivity index is 2.80. The molecule has 1 N–H and O–H groups in total. The molecule has 0 radical (unpaired) electrons. The molecule has 106 valence electrons. The van der Waals surface area contributed by atoms with E-state index in [0.29, 0.717) is 6.04 Å². The SMILES string of the molecule is CCC(C)N(CC)CC1(C(=O)O)CCCCCC1. The molecule has 1 unspecified atom stereocenters. The number of carboxylic acids is 1. The summed E-state index contributed by atoms with van der Waals surface area (Å²) in [5.74, 6) is -0.578. The molecule has 0 spiro atoms. The van der Waals surface area contributed by atoms with Crippen molar-refractivity contribution in [3.63, 3.8) is 0 Å². The fourth-order valence-corrected chi connectivity index (χ4v) is 3.07. The van der Waals surface area contributed by atoms with E-state index in [1.54, 1.807) is 0 Å². The zero-order valence-corrected chi connectivity index (χ0v) is 12.2. The predicted octanol–water partition coefficient (Wildman–Crippen LogP) is 3.53. The van der Waals surface area contributed by atoms with Crippen molar-refractivity contribution in [2.24, 2.45) is 5.41 Å². The number of hydrogen-bond acceptors (Lipinski definition) is 2. The van der Waals surface area contributed by atoms with Crippen LogP contribution in [0.3, 0.4) is 0 Å². The molecule has 3 heteroatoms. The van der Waals surface area contributed by atoms with E-state index in [4.69, 9.17) is 0 Å². The number of hydrogen-bond donors (Lipinski definition) is 1. The maximum absolute atomic E-state index is 11.8. The molecule has 1 fully saturated rings. The summed E-state index contributed by atoms with van der Waals surface area (Å²) in [6, 6.07) is 0.481. The highest BCUT2D eigenvalue weighted by atomic mass is 16.4. The van der Waals surface area contributed by atoms with E-state index >= 15 is 0 Å². The topological polar surface area (TPSA) is 40.5 Å². The van der Waals surface area contributed by atoms with Gasteiger partial charge in [-0.3, -0.25) is 9.69 Å². The lowest BCUT2D eigenvalue weighted by molar-refractivity contribution is -0.151. The normalized spacial score (nSPS) is 21.6. The van der Waals surface area contributed by atoms with Gasteiger partial charge in [0.15, 0.2) is 0 Å². The minimum absolute atomic E-state index is 0.481. The first kappa shape index (κ1) is 15.5. The van der Waals surface area contributed by atoms with Crippen LogP contribution in [0, 0.1) is 5.41 Å². The molecule has 18 heavy (non-hydrogen) atoms. The van der Waals surface area contributed by atoms with Crippen molar-refractivity contribution in [3.05, 3.63) is 0 Å². The minimum atomic E-state index is -0.578. The maximum Gasteiger partial charge on any atom is 0.310 e. The van der Waals surface area contributed by atoms with Crippen molar-refractivity contribution >= 4 is 5.97 Å². The first-order valence-corrected chi connectivity index (χ1v) is 7.53. The molecule has 1 aliphatic rings. The number of rotatable bonds is 6. The van der Waals surface area contributed by atoms with Gasteiger partial charge in [-0.25, -0.2) is 0 Å². The van der Waals surface area contributed by atoms with Crippen molar-refractivity contribution in [2.75, 3.05) is 13.1 Å². The maximum atomic E-state index is 11.8. The largest absolute Gasteiger partial charge is 0.481 e. The van der Waals surface area contributed by atoms with Crippen LogP contribution in [0.2, 0.25) is 0 Å². The van der Waals surface area contributed by atoms with Gasteiger partial charge in [0.25, 0.3) is 0 Å². The highest BCUT2D eigenvalue weighted by molar-refractivity contribution is 5.75. The summed E-state index contributed by atoms with van der Waals surface area (Å²) in [6.45, 7) is 8.19. The van der Waals surface area contributed by atoms with Gasteiger partial charge < -0.3 is 5.11 Å². The Morgan fingerprint density at radius 2 is 1.78 bits per heavy atom. The van der Waals surface area contributed by atoms with Gasteiger partial charge >= 0.3 is 5.97 Å². The van der Waals surface area contributed by atoms with Crippen LogP contribution < -0.4 is 0 Å². The monoisotopic (exact) mass is 255 g/mol. The molecule has 0 amide bonds. The van der Waals surface area contributed by atoms with Gasteiger partial charge in [0.2, 0.25) is 0 Å². The fraction of sp³-hybridized carbons (Fsp3) is 0.933. The summed E-state index contributed by atoms with van der Waals surface area (Å²) in [4.78, 5) is 14.1. The van der Waals surface area contributed by atoms with E-state index in [1.165, 1.54) is 12.8 Å². The molecule has 0 aromatic rings. The van der Waals surface area contributed by atoms with Gasteiger partial charge in [-0.2, -0.15) is 0 Å². The van der Waals surface area contributed by atoms with E-state index in [0.717, 1.165) is 45.2 Å². The molecule has 0 aromatic heterocycles. The Morgan fingerprint density at radius 3 is 2.17 bits per heavy atom. The third kappa shape index (κ3) is 3.71. The molecule has 1 saturated carbocycles. The van der Waals surface area contributed by atoms with Crippen LogP contribution in [-0.4, -0.2) is 35.1 Å². The minimum Gasteiger partial charge on any atom is -0.481 e. The lowest BCUT2D eigenvalue weighted by Crippen LogP contribution is -2.46. The van der Waals surface area contributed by atoms with Crippen molar-refractivity contribution in [2.45, 2.75) is 71.8 Å². The second-order valence-electron chi connectivity index (χ2n) is 5.82. The van der Waals surface area contributed by atoms with Crippen LogP contribution in [0.4, 0.5) is 0 Å². The van der Waals surface area contributed by atoms with Crippen LogP contribution in [-0.2, 0) is 4.79 Å². The molecule has 1 atom stereocenters. The van der Waals surface area contributed by atoms with Crippen molar-refractivity contribution in [1.29, 1.82) is 0 Å². The number of nitrogens with zero attached hydrogens (tertiary/aromatic N) is 1. The Labute approximate surface area is 112 Å². The Morgan fingerprint density at radius 1 is 1.22 bits per heavy atom. The summed E-state index contributed by atoms with van der Waals surface area (Å²) >= 11 is 0. The predicted molar refractivity (Wildman–Crippen MR) is 74.8 cm³/mol. The van der Waals surface area contributed by atoms with Gasteiger partial charge in [-0.1, -0.05) is 39.5 Å². The lowest BCUT2D eigenvalue weighted by atomic mass is 9.79. The lowest BCUT2D eigenvalue weighted by Gasteiger charge is -2.37. The smallest absolute Gasteiger partial charge is 0.310 e. The highest BCUT2D eigenvalue weighted by Crippen LogP contribution is 2.36. The van der Waals surface area contributed by atoms with Gasteiger partial charge in [-0.15, -0.1) is 0 Å². The fourth-order valence-electron chi connectivity index (χ4n) is 3.07. The molecular formula is C15H29NO2. The van der Waals surface area contributed by atoms with Gasteiger partial charge in [0, 0.05) is 12.6 Å². The first-order chi connectivity index (χ1) is 8.55. The van der Waals surface area contributed by atoms with Gasteiger partial charge in [-0.05, 0) is 32.7 Å². The molecule has 0 heterocycles. The molecular weight excluding hydrogens is 226 g/mol. The van der Waals surface area contributed by atoms with Gasteiger partial charge in [0.05, 0.1) is 5.41 Å². The molecule has 3 nitrogen and oxygen atoms in total. The third-order valence-corrected chi connectivity index (χ3v) is 4.64. The number of carboxylic acid groups (broad SMARTS) is 1. The summed E-state index contributed by atoms with van der Waals surface area (Å²) in [5.41, 5.74) is -0.490. The zero-order chi connectivity index (χ0) is 13.6. The van der Waals surface area contributed by atoms with Crippen LogP contribution in [0.15, 0.2) is 0 Å². The van der Waals surface area contributed by atoms with E-state index in [9.17, 15) is 9.90 Å². The molecule has 0 aromatic carbocycles. The molecule has 1 rings (SSSR count). The molecule has 1 aliphatic carbocycles. The third-order valence-electron chi connectivity index (χ3n) is 4.64. The molecule has 0 aliphatic heterocycles. The second kappa shape index (κ2) is 7.13. The van der Waals surface area contributed by atoms with Crippen LogP contribution in [0.1, 0.15) is 65.7 Å². The molecule has 0 saturated heterocycles. The molecule has 0 bridgehead atoms. The van der Waals surface area contributed by atoms with Crippen molar-refractivity contribution < 1.29 is 9.90 Å². The van der Waals surface area contributed by atoms with Crippen molar-refractivity contribution in [1.82, 2.24) is 4.90 Å². The Bertz CT molecular complexity index is 257. The summed E-state index contributed by atoms with van der Waals surface area (Å²) in [5, 5.41) is 9.69. The second-order valence-corrected chi connectivity index (χ2v) is 5.82. The van der Waals surface area contributed by atoms with E-state index in [-0.39, 0.29) is 0 Å². The van der Waals surface area contributed by atoms with E-state index in [1.807, 2.05) is 0 Å². The highest BCUT2D eigenvalue weighted by Gasteiger charge is 2.40. The first-order valence-electron chi connectivity index (χ1n) is 7.53.